The Balaban J connectivity index is 2.26. The van der Waals surface area contributed by atoms with Crippen molar-refractivity contribution in [1.29, 1.82) is 0 Å². The van der Waals surface area contributed by atoms with E-state index in [9.17, 15) is 4.79 Å². The molecule has 1 nitrogen and oxygen atoms in total. The van der Waals surface area contributed by atoms with Crippen molar-refractivity contribution < 1.29 is 4.79 Å². The fraction of sp³-hybridized carbons (Fsp3) is 0.800. The topological polar surface area (TPSA) is 17.1 Å². The number of carbonyl (C=O) groups is 1. The average Bonchev–Trinajstić information content (AvgIpc) is 2.53. The van der Waals surface area contributed by atoms with E-state index >= 15 is 0 Å². The van der Waals surface area contributed by atoms with E-state index in [1.165, 1.54) is 19.3 Å². The predicted molar refractivity (Wildman–Crippen MR) is 67.2 cm³/mol. The van der Waals surface area contributed by atoms with Crippen molar-refractivity contribution >= 4 is 5.78 Å². The van der Waals surface area contributed by atoms with E-state index in [0.29, 0.717) is 11.7 Å². The molecule has 0 heterocycles. The molecule has 0 N–H and O–H groups in total. The highest BCUT2D eigenvalue weighted by Gasteiger charge is 2.63. The SMILES string of the molecule is CCCC/C=C1/C(=O)[C@]2(C)CC[C@H]1C2(C)C. The van der Waals surface area contributed by atoms with Crippen LogP contribution in [0, 0.1) is 16.7 Å². The van der Waals surface area contributed by atoms with Gasteiger partial charge in [0.15, 0.2) is 5.78 Å². The van der Waals surface area contributed by atoms with Crippen LogP contribution in [0.5, 0.6) is 0 Å². The van der Waals surface area contributed by atoms with E-state index in [0.717, 1.165) is 18.4 Å². The number of fused-ring (bicyclic) bond motifs is 2. The molecule has 0 radical (unpaired) electrons. The molecule has 0 aliphatic heterocycles. The standard InChI is InChI=1S/C15H24O/c1-5-6-7-8-11-12-9-10-15(4,13(11)16)14(12,2)3/h8,12H,5-7,9-10H2,1-4H3/b11-8+/t12-,15+/m1/s1. The van der Waals surface area contributed by atoms with Gasteiger partial charge in [0, 0.05) is 5.41 Å². The Kier molecular flexibility index (Phi) is 2.76. The van der Waals surface area contributed by atoms with Crippen LogP contribution >= 0.6 is 0 Å². The summed E-state index contributed by atoms with van der Waals surface area (Å²) in [5.74, 6) is 0.978. The van der Waals surface area contributed by atoms with Gasteiger partial charge in [-0.15, -0.1) is 0 Å². The van der Waals surface area contributed by atoms with Gasteiger partial charge in [0.05, 0.1) is 0 Å². The average molecular weight is 220 g/mol. The maximum atomic E-state index is 12.4. The fourth-order valence-corrected chi connectivity index (χ4v) is 3.62. The molecule has 0 saturated heterocycles. The second-order valence-electron chi connectivity index (χ2n) is 6.28. The summed E-state index contributed by atoms with van der Waals surface area (Å²) in [7, 11) is 0. The van der Waals surface area contributed by atoms with Crippen molar-refractivity contribution in [1.82, 2.24) is 0 Å². The third-order valence-electron chi connectivity index (χ3n) is 5.29. The molecule has 0 aromatic carbocycles. The number of Topliss-reactive ketones (excluding diaryl/α,β-unsaturated/α-hetero) is 1. The first-order chi connectivity index (χ1) is 7.45. The second-order valence-corrected chi connectivity index (χ2v) is 6.28. The number of hydrogen-bond acceptors (Lipinski definition) is 1. The van der Waals surface area contributed by atoms with Crippen molar-refractivity contribution in [3.05, 3.63) is 11.6 Å². The Morgan fingerprint density at radius 2 is 2.06 bits per heavy atom. The van der Waals surface area contributed by atoms with Gasteiger partial charge >= 0.3 is 0 Å². The Bertz CT molecular complexity index is 337. The van der Waals surface area contributed by atoms with Gasteiger partial charge in [0.1, 0.15) is 0 Å². The van der Waals surface area contributed by atoms with Crippen LogP contribution in [-0.2, 0) is 4.79 Å². The highest BCUT2D eigenvalue weighted by molar-refractivity contribution is 6.04. The Morgan fingerprint density at radius 3 is 2.56 bits per heavy atom. The first-order valence-electron chi connectivity index (χ1n) is 6.70. The van der Waals surface area contributed by atoms with Gasteiger partial charge in [-0.25, -0.2) is 0 Å². The van der Waals surface area contributed by atoms with Crippen molar-refractivity contribution in [2.24, 2.45) is 16.7 Å². The molecule has 90 valence electrons. The lowest BCUT2D eigenvalue weighted by Gasteiger charge is -2.31. The maximum Gasteiger partial charge on any atom is 0.165 e. The minimum Gasteiger partial charge on any atom is -0.294 e. The molecule has 0 unspecified atom stereocenters. The van der Waals surface area contributed by atoms with Gasteiger partial charge in [-0.1, -0.05) is 46.6 Å². The molecule has 1 heteroatoms. The molecular formula is C15H24O. The molecule has 2 bridgehead atoms. The molecule has 16 heavy (non-hydrogen) atoms. The van der Waals surface area contributed by atoms with E-state index in [1.807, 2.05) is 0 Å². The monoisotopic (exact) mass is 220 g/mol. The van der Waals surface area contributed by atoms with Crippen LogP contribution in [0.1, 0.15) is 59.8 Å². The van der Waals surface area contributed by atoms with Crippen molar-refractivity contribution in [3.8, 4) is 0 Å². The fourth-order valence-electron chi connectivity index (χ4n) is 3.62. The van der Waals surface area contributed by atoms with Gasteiger partial charge in [-0.05, 0) is 36.2 Å². The van der Waals surface area contributed by atoms with Crippen LogP contribution in [0.4, 0.5) is 0 Å². The summed E-state index contributed by atoms with van der Waals surface area (Å²) in [4.78, 5) is 12.4. The Hall–Kier alpha value is -0.590. The van der Waals surface area contributed by atoms with E-state index in [2.05, 4.69) is 33.8 Å². The van der Waals surface area contributed by atoms with Gasteiger partial charge in [0.2, 0.25) is 0 Å². The number of allylic oxidation sites excluding steroid dienone is 2. The van der Waals surface area contributed by atoms with Crippen LogP contribution in [0.3, 0.4) is 0 Å². The molecule has 2 aliphatic carbocycles. The molecule has 2 saturated carbocycles. The molecule has 0 spiro atoms. The van der Waals surface area contributed by atoms with Crippen molar-refractivity contribution in [3.63, 3.8) is 0 Å². The summed E-state index contributed by atoms with van der Waals surface area (Å²) in [6, 6.07) is 0. The largest absolute Gasteiger partial charge is 0.294 e. The van der Waals surface area contributed by atoms with Gasteiger partial charge in [0.25, 0.3) is 0 Å². The lowest BCUT2D eigenvalue weighted by atomic mass is 9.70. The number of carbonyl (C=O) groups excluding carboxylic acids is 1. The molecule has 2 fully saturated rings. The smallest absolute Gasteiger partial charge is 0.165 e. The summed E-state index contributed by atoms with van der Waals surface area (Å²) >= 11 is 0. The van der Waals surface area contributed by atoms with E-state index in [-0.39, 0.29) is 10.8 Å². The van der Waals surface area contributed by atoms with Crippen LogP contribution in [0.2, 0.25) is 0 Å². The van der Waals surface area contributed by atoms with E-state index in [1.54, 1.807) is 0 Å². The van der Waals surface area contributed by atoms with Gasteiger partial charge in [-0.3, -0.25) is 4.79 Å². The second kappa shape index (κ2) is 3.72. The molecule has 2 aliphatic rings. The molecule has 0 amide bonds. The third kappa shape index (κ3) is 1.33. The number of unbranched alkanes of at least 4 members (excludes halogenated alkanes) is 2. The number of ketones is 1. The summed E-state index contributed by atoms with van der Waals surface area (Å²) in [5.41, 5.74) is 1.27. The zero-order valence-corrected chi connectivity index (χ0v) is 11.1. The normalized spacial score (nSPS) is 38.6. The summed E-state index contributed by atoms with van der Waals surface area (Å²) in [6.45, 7) is 8.94. The summed E-state index contributed by atoms with van der Waals surface area (Å²) in [5, 5.41) is 0. The van der Waals surface area contributed by atoms with Crippen LogP contribution in [0.25, 0.3) is 0 Å². The maximum absolute atomic E-state index is 12.4. The molecule has 0 aromatic heterocycles. The lowest BCUT2D eigenvalue weighted by Crippen LogP contribution is -2.32. The molecular weight excluding hydrogens is 196 g/mol. The highest BCUT2D eigenvalue weighted by Crippen LogP contribution is 2.65. The van der Waals surface area contributed by atoms with E-state index in [4.69, 9.17) is 0 Å². The summed E-state index contributed by atoms with van der Waals surface area (Å²) in [6.07, 6.45) is 8.05. The van der Waals surface area contributed by atoms with Crippen molar-refractivity contribution in [2.75, 3.05) is 0 Å². The minimum atomic E-state index is -0.0737. The zero-order chi connectivity index (χ0) is 12.0. The number of hydrogen-bond donors (Lipinski definition) is 0. The predicted octanol–water partition coefficient (Wildman–Crippen LogP) is 4.13. The first kappa shape index (κ1) is 11.9. The van der Waals surface area contributed by atoms with E-state index < -0.39 is 0 Å². The van der Waals surface area contributed by atoms with Crippen molar-refractivity contribution in [2.45, 2.75) is 59.8 Å². The highest BCUT2D eigenvalue weighted by atomic mass is 16.1. The van der Waals surface area contributed by atoms with Gasteiger partial charge in [-0.2, -0.15) is 0 Å². The quantitative estimate of drug-likeness (QED) is 0.516. The van der Waals surface area contributed by atoms with Crippen LogP contribution < -0.4 is 0 Å². The third-order valence-corrected chi connectivity index (χ3v) is 5.29. The van der Waals surface area contributed by atoms with Crippen LogP contribution in [0.15, 0.2) is 11.6 Å². The van der Waals surface area contributed by atoms with Crippen LogP contribution in [-0.4, -0.2) is 5.78 Å². The molecule has 2 rings (SSSR count). The Labute approximate surface area is 99.3 Å². The molecule has 0 aromatic rings. The van der Waals surface area contributed by atoms with Gasteiger partial charge < -0.3 is 0 Å². The zero-order valence-electron chi connectivity index (χ0n) is 11.1. The minimum absolute atomic E-state index is 0.0737. The summed E-state index contributed by atoms with van der Waals surface area (Å²) < 4.78 is 0. The Morgan fingerprint density at radius 1 is 1.38 bits per heavy atom. The first-order valence-corrected chi connectivity index (χ1v) is 6.70. The lowest BCUT2D eigenvalue weighted by molar-refractivity contribution is -0.125. The molecule has 2 atom stereocenters. The number of rotatable bonds is 3.